The van der Waals surface area contributed by atoms with Crippen molar-refractivity contribution in [2.75, 3.05) is 37.8 Å². The van der Waals surface area contributed by atoms with Crippen molar-refractivity contribution in [1.82, 2.24) is 15.0 Å². The first kappa shape index (κ1) is 45.2. The van der Waals surface area contributed by atoms with Gasteiger partial charge in [0, 0.05) is 54.1 Å². The molecule has 2 aliphatic carbocycles. The molecule has 16 heteroatoms. The van der Waals surface area contributed by atoms with Crippen LogP contribution in [0.4, 0.5) is 32.3 Å². The molecule has 1 aromatic carbocycles. The Balaban J connectivity index is 0.00000336. The lowest BCUT2D eigenvalue weighted by Gasteiger charge is -2.41. The van der Waals surface area contributed by atoms with E-state index in [1.807, 2.05) is 18.7 Å². The highest BCUT2D eigenvalue weighted by Crippen LogP contribution is 2.52. The van der Waals surface area contributed by atoms with Crippen molar-refractivity contribution in [3.8, 4) is 5.75 Å². The summed E-state index contributed by atoms with van der Waals surface area (Å²) in [6.45, 7) is 6.21. The minimum absolute atomic E-state index is 0. The summed E-state index contributed by atoms with van der Waals surface area (Å²) in [7, 11) is 0. The molecule has 3 aliphatic rings. The molecule has 3 aromatic rings. The Hall–Kier alpha value is -2.53. The quantitative estimate of drug-likeness (QED) is 0.173. The fraction of sp³-hybridized carbons (Fsp3) is 0.615. The highest BCUT2D eigenvalue weighted by atomic mass is 79.9. The van der Waals surface area contributed by atoms with Crippen LogP contribution in [0.25, 0.3) is 0 Å². The summed E-state index contributed by atoms with van der Waals surface area (Å²) in [5.41, 5.74) is 0.191. The number of anilines is 1. The van der Waals surface area contributed by atoms with E-state index in [-0.39, 0.29) is 102 Å². The van der Waals surface area contributed by atoms with Crippen molar-refractivity contribution in [3.63, 3.8) is 0 Å². The molecule has 0 amide bonds. The monoisotopic (exact) mass is 910 g/mol. The lowest BCUT2D eigenvalue weighted by atomic mass is 9.68. The third kappa shape index (κ3) is 10.1. The summed E-state index contributed by atoms with van der Waals surface area (Å²) in [6.07, 6.45) is -3.19. The second-order valence-electron chi connectivity index (χ2n) is 16.3. The Morgan fingerprint density at radius 2 is 1.49 bits per heavy atom. The molecule has 2 fully saturated rings. The molecule has 2 aromatic heterocycles. The zero-order valence-electron chi connectivity index (χ0n) is 31.1. The van der Waals surface area contributed by atoms with Gasteiger partial charge in [0.1, 0.15) is 0 Å². The highest BCUT2D eigenvalue weighted by Gasteiger charge is 2.44. The first-order valence-corrected chi connectivity index (χ1v) is 18.3. The van der Waals surface area contributed by atoms with Gasteiger partial charge in [-0.25, -0.2) is 23.1 Å². The van der Waals surface area contributed by atoms with E-state index in [1.54, 1.807) is 6.92 Å². The molecule has 0 spiro atoms. The topological polar surface area (TPSA) is 112 Å². The van der Waals surface area contributed by atoms with Gasteiger partial charge in [0.15, 0.2) is 11.9 Å². The van der Waals surface area contributed by atoms with Crippen LogP contribution in [0.5, 0.6) is 5.75 Å². The number of ether oxygens (including phenoxy) is 1. The number of aromatic nitrogens is 3. The fourth-order valence-corrected chi connectivity index (χ4v) is 8.01. The maximum atomic E-state index is 17.3. The molecule has 2 atom stereocenters. The third-order valence-electron chi connectivity index (χ3n) is 11.2. The smallest absolute Gasteiger partial charge is 0.416 e. The molecule has 1 unspecified atom stereocenters. The number of benzene rings is 1. The van der Waals surface area contributed by atoms with Crippen LogP contribution >= 0.6 is 34.0 Å². The number of aliphatic hydroxyl groups is 3. The Labute approximate surface area is 338 Å². The van der Waals surface area contributed by atoms with Crippen molar-refractivity contribution in [3.05, 3.63) is 75.9 Å². The second-order valence-corrected chi connectivity index (χ2v) is 16.3. The normalized spacial score (nSPS) is 20.9. The van der Waals surface area contributed by atoms with Gasteiger partial charge in [0.2, 0.25) is 11.9 Å². The highest BCUT2D eigenvalue weighted by molar-refractivity contribution is 8.93. The maximum Gasteiger partial charge on any atom is 0.416 e. The molecular formula is C39H50Br2F6N4O4. The minimum Gasteiger partial charge on any atom is -0.490 e. The number of hydrogen-bond acceptors (Lipinski definition) is 8. The molecule has 3 heterocycles. The zero-order valence-corrected chi connectivity index (χ0v) is 34.5. The maximum absolute atomic E-state index is 17.3. The van der Waals surface area contributed by atoms with E-state index in [1.165, 1.54) is 12.4 Å². The lowest BCUT2D eigenvalue weighted by molar-refractivity contribution is -0.137. The average molecular weight is 913 g/mol. The number of pyridine rings is 1. The lowest BCUT2D eigenvalue weighted by Crippen LogP contribution is -2.36. The van der Waals surface area contributed by atoms with Gasteiger partial charge in [-0.15, -0.1) is 34.0 Å². The molecule has 1 saturated heterocycles. The summed E-state index contributed by atoms with van der Waals surface area (Å²) in [5.74, 6) is -2.79. The number of nitrogens with zero attached hydrogens (tertiary/aromatic N) is 4. The number of rotatable bonds is 10. The van der Waals surface area contributed by atoms with E-state index in [0.29, 0.717) is 73.0 Å². The van der Waals surface area contributed by atoms with E-state index in [9.17, 15) is 37.3 Å². The summed E-state index contributed by atoms with van der Waals surface area (Å²) in [4.78, 5) is 16.0. The average Bonchev–Trinajstić information content (AvgIpc) is 3.12. The Bertz CT molecular complexity index is 1730. The molecule has 0 bridgehead atoms. The first-order chi connectivity index (χ1) is 24.9. The molecular weight excluding hydrogens is 862 g/mol. The van der Waals surface area contributed by atoms with Gasteiger partial charge in [-0.1, -0.05) is 32.9 Å². The minimum atomic E-state index is -4.61. The molecule has 8 nitrogen and oxygen atoms in total. The molecule has 0 radical (unpaired) electrons. The number of piperidine rings is 1. The SMILES string of the molecule is Br.Br.CC1(C)Cc2nc(C3CCN(c4ncc(OCC(C)(CO)CO)cn4)CC3)c(C(F)c3ccc(C(F)(F)F)cc3)c(C3CCC(F)(F)CC3)c2[C@@H](O)C1. The van der Waals surface area contributed by atoms with Crippen LogP contribution in [0.1, 0.15) is 129 Å². The van der Waals surface area contributed by atoms with E-state index in [4.69, 9.17) is 9.72 Å². The van der Waals surface area contributed by atoms with Gasteiger partial charge in [-0.3, -0.25) is 4.98 Å². The first-order valence-electron chi connectivity index (χ1n) is 18.3. The van der Waals surface area contributed by atoms with Gasteiger partial charge in [-0.2, -0.15) is 13.2 Å². The van der Waals surface area contributed by atoms with Crippen LogP contribution in [0.2, 0.25) is 0 Å². The number of alkyl halides is 6. The predicted octanol–water partition coefficient (Wildman–Crippen LogP) is 9.16. The van der Waals surface area contributed by atoms with Crippen LogP contribution < -0.4 is 9.64 Å². The molecule has 3 N–H and O–H groups in total. The van der Waals surface area contributed by atoms with Gasteiger partial charge in [0.25, 0.3) is 0 Å². The van der Waals surface area contributed by atoms with Gasteiger partial charge in [0.05, 0.1) is 49.6 Å². The van der Waals surface area contributed by atoms with E-state index >= 15 is 4.39 Å². The fourth-order valence-electron chi connectivity index (χ4n) is 8.01. The van der Waals surface area contributed by atoms with E-state index in [0.717, 1.165) is 24.3 Å². The van der Waals surface area contributed by atoms with Crippen LogP contribution in [-0.4, -0.2) is 69.1 Å². The Kier molecular flexibility index (Phi) is 14.4. The molecule has 1 saturated carbocycles. The largest absolute Gasteiger partial charge is 0.490 e. The van der Waals surface area contributed by atoms with Crippen molar-refractivity contribution in [2.45, 2.75) is 108 Å². The second kappa shape index (κ2) is 17.5. The van der Waals surface area contributed by atoms with Crippen molar-refractivity contribution >= 4 is 39.9 Å². The van der Waals surface area contributed by atoms with Crippen molar-refractivity contribution in [1.29, 1.82) is 0 Å². The zero-order chi connectivity index (χ0) is 38.3. The number of hydrogen-bond donors (Lipinski definition) is 3. The number of aliphatic hydroxyl groups excluding tert-OH is 3. The molecule has 55 heavy (non-hydrogen) atoms. The van der Waals surface area contributed by atoms with Gasteiger partial charge >= 0.3 is 6.18 Å². The van der Waals surface area contributed by atoms with Crippen LogP contribution in [0.3, 0.4) is 0 Å². The van der Waals surface area contributed by atoms with Gasteiger partial charge < -0.3 is 25.0 Å². The number of fused-ring (bicyclic) bond motifs is 1. The van der Waals surface area contributed by atoms with E-state index < -0.39 is 41.3 Å². The Morgan fingerprint density at radius 1 is 0.909 bits per heavy atom. The van der Waals surface area contributed by atoms with E-state index in [2.05, 4.69) is 9.97 Å². The standard InChI is InChI=1S/C39H48F6N4O4.2BrH/c1-36(2)16-28-31(29(52)17-36)30(23-8-12-38(41,42)13-9-23)32(33(40)24-4-6-26(7-5-24)39(43,44)45)34(48-28)25-10-14-49(15-11-25)35-46-18-27(19-47-35)53-22-37(3,20-50)21-51;;/h4-7,18-19,23,25,29,33,50-52H,8-17,20-22H2,1-3H3;2*1H/t29-,33?;;/m0../s1. The van der Waals surface area contributed by atoms with Crippen LogP contribution in [-0.2, 0) is 12.6 Å². The van der Waals surface area contributed by atoms with Crippen molar-refractivity contribution in [2.24, 2.45) is 10.8 Å². The van der Waals surface area contributed by atoms with Gasteiger partial charge in [-0.05, 0) is 73.1 Å². The van der Waals surface area contributed by atoms with Crippen molar-refractivity contribution < 1.29 is 46.4 Å². The molecule has 6 rings (SSSR count). The predicted molar refractivity (Wildman–Crippen MR) is 206 cm³/mol. The Morgan fingerprint density at radius 3 is 2.04 bits per heavy atom. The molecule has 1 aliphatic heterocycles. The summed E-state index contributed by atoms with van der Waals surface area (Å²) in [6, 6.07) is 3.93. The summed E-state index contributed by atoms with van der Waals surface area (Å²) >= 11 is 0. The summed E-state index contributed by atoms with van der Waals surface area (Å²) in [5, 5.41) is 30.7. The number of halogens is 8. The summed E-state index contributed by atoms with van der Waals surface area (Å²) < 4.78 is 92.3. The van der Waals surface area contributed by atoms with Crippen LogP contribution in [0.15, 0.2) is 36.7 Å². The van der Waals surface area contributed by atoms with Crippen LogP contribution in [0, 0.1) is 10.8 Å². The molecule has 306 valence electrons. The third-order valence-corrected chi connectivity index (χ3v) is 11.2.